The van der Waals surface area contributed by atoms with Crippen molar-refractivity contribution in [2.24, 2.45) is 0 Å². The van der Waals surface area contributed by atoms with Crippen LogP contribution in [0.1, 0.15) is 29.7 Å². The van der Waals surface area contributed by atoms with E-state index in [1.165, 1.54) is 5.56 Å². The summed E-state index contributed by atoms with van der Waals surface area (Å²) in [6, 6.07) is 15.3. The maximum absolute atomic E-state index is 10.1. The number of aliphatic hydroxyl groups is 4. The van der Waals surface area contributed by atoms with Crippen molar-refractivity contribution in [3.8, 4) is 5.75 Å². The van der Waals surface area contributed by atoms with Crippen molar-refractivity contribution in [2.45, 2.75) is 50.6 Å². The van der Waals surface area contributed by atoms with Gasteiger partial charge in [0.1, 0.15) is 30.2 Å². The Morgan fingerprint density at radius 2 is 1.67 bits per heavy atom. The fourth-order valence-electron chi connectivity index (χ4n) is 3.32. The first-order valence-corrected chi connectivity index (χ1v) is 9.89. The van der Waals surface area contributed by atoms with E-state index in [-0.39, 0.29) is 6.04 Å². The number of aryl methyl sites for hydroxylation is 1. The van der Waals surface area contributed by atoms with E-state index in [0.717, 1.165) is 16.8 Å². The van der Waals surface area contributed by atoms with Gasteiger partial charge in [0, 0.05) is 11.7 Å². The topological polar surface area (TPSA) is 111 Å². The average molecular weight is 415 g/mol. The Kier molecular flexibility index (Phi) is 7.12. The zero-order valence-corrected chi connectivity index (χ0v) is 17.1. The van der Waals surface area contributed by atoms with Crippen LogP contribution in [0.5, 0.6) is 5.75 Å². The normalized spacial score (nSPS) is 27.3. The van der Waals surface area contributed by atoms with Crippen LogP contribution in [0.15, 0.2) is 55.1 Å². The quantitative estimate of drug-likeness (QED) is 0.466. The number of nitrogens with one attached hydrogen (secondary N) is 1. The van der Waals surface area contributed by atoms with Crippen LogP contribution in [0, 0.1) is 6.92 Å². The first-order valence-electron chi connectivity index (χ1n) is 9.89. The van der Waals surface area contributed by atoms with Crippen molar-refractivity contribution in [2.75, 3.05) is 6.61 Å². The summed E-state index contributed by atoms with van der Waals surface area (Å²) in [7, 11) is 0. The number of aliphatic hydroxyl groups excluding tert-OH is 4. The minimum Gasteiger partial charge on any atom is -0.462 e. The zero-order valence-electron chi connectivity index (χ0n) is 17.1. The maximum Gasteiger partial charge on any atom is 0.229 e. The zero-order chi connectivity index (χ0) is 21.8. The monoisotopic (exact) mass is 415 g/mol. The highest BCUT2D eigenvalue weighted by molar-refractivity contribution is 5.62. The van der Waals surface area contributed by atoms with Crippen molar-refractivity contribution in [3.63, 3.8) is 0 Å². The fraction of sp³-hybridized carbons (Fsp3) is 0.391. The van der Waals surface area contributed by atoms with Gasteiger partial charge in [-0.1, -0.05) is 48.5 Å². The van der Waals surface area contributed by atoms with Crippen LogP contribution in [-0.2, 0) is 4.74 Å². The SMILES string of the molecule is C=C(N[C@@H](C)c1ccc(OC2OC(CO)C(O)C(O)C2O)cc1)c1ccc(C)cc1. The van der Waals surface area contributed by atoms with Gasteiger partial charge in [0.25, 0.3) is 0 Å². The molecule has 1 aliphatic heterocycles. The van der Waals surface area contributed by atoms with Gasteiger partial charge in [-0.05, 0) is 37.1 Å². The molecule has 1 heterocycles. The summed E-state index contributed by atoms with van der Waals surface area (Å²) in [6.45, 7) is 7.66. The molecule has 30 heavy (non-hydrogen) atoms. The summed E-state index contributed by atoms with van der Waals surface area (Å²) in [4.78, 5) is 0. The lowest BCUT2D eigenvalue weighted by atomic mass is 9.99. The fourth-order valence-corrected chi connectivity index (χ4v) is 3.32. The standard InChI is InChI=1S/C23H29NO6/c1-13-4-6-16(7-5-13)14(2)24-15(3)17-8-10-18(11-9-17)29-23-22(28)21(27)20(26)19(12-25)30-23/h4-11,15,19-28H,2,12H2,1,3H3/t15-,19?,20?,21?,22?,23?/m0/s1. The molecule has 5 N–H and O–H groups in total. The van der Waals surface area contributed by atoms with Gasteiger partial charge in [-0.3, -0.25) is 0 Å². The first-order chi connectivity index (χ1) is 14.3. The molecule has 7 nitrogen and oxygen atoms in total. The lowest BCUT2D eigenvalue weighted by Crippen LogP contribution is -2.60. The van der Waals surface area contributed by atoms with Crippen LogP contribution in [-0.4, -0.2) is 57.7 Å². The smallest absolute Gasteiger partial charge is 0.229 e. The van der Waals surface area contributed by atoms with Crippen molar-refractivity contribution in [1.29, 1.82) is 0 Å². The van der Waals surface area contributed by atoms with Crippen molar-refractivity contribution in [1.82, 2.24) is 5.32 Å². The van der Waals surface area contributed by atoms with Gasteiger partial charge >= 0.3 is 0 Å². The molecule has 0 spiro atoms. The van der Waals surface area contributed by atoms with E-state index < -0.39 is 37.3 Å². The van der Waals surface area contributed by atoms with E-state index in [2.05, 4.69) is 11.9 Å². The molecule has 1 aliphatic rings. The van der Waals surface area contributed by atoms with E-state index in [9.17, 15) is 20.4 Å². The molecule has 5 unspecified atom stereocenters. The molecule has 0 aromatic heterocycles. The second-order valence-electron chi connectivity index (χ2n) is 7.59. The Morgan fingerprint density at radius 1 is 1.03 bits per heavy atom. The minimum atomic E-state index is -1.47. The Hall–Kier alpha value is -2.42. The number of rotatable bonds is 7. The van der Waals surface area contributed by atoms with Crippen LogP contribution in [0.4, 0.5) is 0 Å². The predicted octanol–water partition coefficient (Wildman–Crippen LogP) is 1.50. The molecule has 1 fully saturated rings. The van der Waals surface area contributed by atoms with Crippen LogP contribution in [0.3, 0.4) is 0 Å². The van der Waals surface area contributed by atoms with E-state index in [1.54, 1.807) is 12.1 Å². The van der Waals surface area contributed by atoms with Crippen molar-refractivity contribution in [3.05, 3.63) is 71.8 Å². The Balaban J connectivity index is 1.61. The van der Waals surface area contributed by atoms with E-state index in [1.807, 2.05) is 50.2 Å². The van der Waals surface area contributed by atoms with Crippen molar-refractivity contribution < 1.29 is 29.9 Å². The minimum absolute atomic E-state index is 0.000104. The number of hydrogen-bond donors (Lipinski definition) is 5. The van der Waals surface area contributed by atoms with E-state index in [0.29, 0.717) is 5.75 Å². The van der Waals surface area contributed by atoms with Crippen LogP contribution < -0.4 is 10.1 Å². The molecule has 0 radical (unpaired) electrons. The summed E-state index contributed by atoms with van der Waals surface area (Å²) in [5, 5.41) is 42.4. The van der Waals surface area contributed by atoms with Gasteiger partial charge < -0.3 is 35.2 Å². The average Bonchev–Trinajstić information content (AvgIpc) is 2.75. The third-order valence-corrected chi connectivity index (χ3v) is 5.27. The van der Waals surface area contributed by atoms with E-state index in [4.69, 9.17) is 9.47 Å². The summed E-state index contributed by atoms with van der Waals surface area (Å²) in [5.74, 6) is 0.424. The predicted molar refractivity (Wildman–Crippen MR) is 113 cm³/mol. The van der Waals surface area contributed by atoms with Gasteiger partial charge in [-0.25, -0.2) is 0 Å². The molecule has 0 aliphatic carbocycles. The highest BCUT2D eigenvalue weighted by atomic mass is 16.7. The van der Waals surface area contributed by atoms with Gasteiger partial charge in [0.05, 0.1) is 6.61 Å². The molecule has 2 aromatic rings. The van der Waals surface area contributed by atoms with Gasteiger partial charge in [-0.2, -0.15) is 0 Å². The summed E-state index contributed by atoms with van der Waals surface area (Å²) in [5.41, 5.74) is 4.04. The number of ether oxygens (including phenoxy) is 2. The molecule has 0 saturated carbocycles. The third kappa shape index (κ3) is 5.00. The Morgan fingerprint density at radius 3 is 2.27 bits per heavy atom. The Labute approximate surface area is 176 Å². The lowest BCUT2D eigenvalue weighted by Gasteiger charge is -2.39. The molecule has 6 atom stereocenters. The number of benzene rings is 2. The summed E-state index contributed by atoms with van der Waals surface area (Å²) >= 11 is 0. The van der Waals surface area contributed by atoms with Crippen LogP contribution in [0.25, 0.3) is 5.70 Å². The molecular weight excluding hydrogens is 386 g/mol. The van der Waals surface area contributed by atoms with Gasteiger partial charge in [0.2, 0.25) is 6.29 Å². The maximum atomic E-state index is 10.1. The molecule has 0 amide bonds. The second-order valence-corrected chi connectivity index (χ2v) is 7.59. The largest absolute Gasteiger partial charge is 0.462 e. The highest BCUT2D eigenvalue weighted by Gasteiger charge is 2.44. The van der Waals surface area contributed by atoms with Gasteiger partial charge in [-0.15, -0.1) is 0 Å². The molecule has 3 rings (SSSR count). The summed E-state index contributed by atoms with van der Waals surface area (Å²) in [6.07, 6.45) is -6.55. The second kappa shape index (κ2) is 9.59. The Bertz CT molecular complexity index is 836. The highest BCUT2D eigenvalue weighted by Crippen LogP contribution is 2.26. The number of hydrogen-bond acceptors (Lipinski definition) is 7. The first kappa shape index (κ1) is 22.3. The summed E-state index contributed by atoms with van der Waals surface area (Å²) < 4.78 is 11.0. The molecular formula is C23H29NO6. The van der Waals surface area contributed by atoms with E-state index >= 15 is 0 Å². The molecule has 2 aromatic carbocycles. The molecule has 0 bridgehead atoms. The lowest BCUT2D eigenvalue weighted by molar-refractivity contribution is -0.277. The van der Waals surface area contributed by atoms with Crippen LogP contribution >= 0.6 is 0 Å². The van der Waals surface area contributed by atoms with Gasteiger partial charge in [0.15, 0.2) is 0 Å². The molecule has 162 valence electrons. The molecule has 7 heteroatoms. The molecule has 1 saturated heterocycles. The third-order valence-electron chi connectivity index (χ3n) is 5.27. The van der Waals surface area contributed by atoms with Crippen molar-refractivity contribution >= 4 is 5.70 Å². The van der Waals surface area contributed by atoms with Crippen LogP contribution in [0.2, 0.25) is 0 Å².